The summed E-state index contributed by atoms with van der Waals surface area (Å²) in [5, 5.41) is 0.458. The van der Waals surface area contributed by atoms with Gasteiger partial charge in [-0.15, -0.1) is 0 Å². The van der Waals surface area contributed by atoms with Crippen LogP contribution in [0.4, 0.5) is 0 Å². The maximum atomic E-state index is 14.3. The van der Waals surface area contributed by atoms with Gasteiger partial charge >= 0.3 is 11.9 Å². The summed E-state index contributed by atoms with van der Waals surface area (Å²) in [6, 6.07) is 16.6. The molecule has 1 atom stereocenters. The average Bonchev–Trinajstić information content (AvgIpc) is 3.37. The fraction of sp³-hybridized carbons (Fsp3) is 0.297. The molecule has 0 amide bonds. The Labute approximate surface area is 292 Å². The lowest BCUT2D eigenvalue weighted by Crippen LogP contribution is -2.40. The number of hydrogen-bond acceptors (Lipinski definition) is 10. The number of aromatic nitrogens is 1. The predicted octanol–water partition coefficient (Wildman–Crippen LogP) is 6.00. The minimum Gasteiger partial charge on any atom is -0.493 e. The maximum absolute atomic E-state index is 14.3. The summed E-state index contributed by atoms with van der Waals surface area (Å²) < 4.78 is 30.1. The van der Waals surface area contributed by atoms with Gasteiger partial charge in [0.05, 0.1) is 53.8 Å². The van der Waals surface area contributed by atoms with E-state index in [0.717, 1.165) is 5.56 Å². The first-order chi connectivity index (χ1) is 23.5. The third kappa shape index (κ3) is 7.90. The Hall–Kier alpha value is -4.87. The van der Waals surface area contributed by atoms with E-state index in [1.165, 1.54) is 23.0 Å². The highest BCUT2D eigenvalue weighted by molar-refractivity contribution is 7.07. The van der Waals surface area contributed by atoms with Gasteiger partial charge in [0.25, 0.3) is 5.56 Å². The highest BCUT2D eigenvalue weighted by Gasteiger charge is 2.34. The molecule has 10 nitrogen and oxygen atoms in total. The van der Waals surface area contributed by atoms with Gasteiger partial charge in [-0.2, -0.15) is 0 Å². The summed E-state index contributed by atoms with van der Waals surface area (Å²) in [5.41, 5.74) is 2.82. The van der Waals surface area contributed by atoms with Crippen LogP contribution < -0.4 is 29.1 Å². The van der Waals surface area contributed by atoms with Crippen LogP contribution in [0.2, 0.25) is 5.02 Å². The van der Waals surface area contributed by atoms with E-state index in [0.29, 0.717) is 60.6 Å². The lowest BCUT2D eigenvalue weighted by Gasteiger charge is -2.25. The summed E-state index contributed by atoms with van der Waals surface area (Å²) in [7, 11) is 1.54. The molecule has 3 aromatic carbocycles. The van der Waals surface area contributed by atoms with Gasteiger partial charge in [-0.1, -0.05) is 41.1 Å². The van der Waals surface area contributed by atoms with Gasteiger partial charge in [0, 0.05) is 10.6 Å². The second kappa shape index (κ2) is 15.6. The summed E-state index contributed by atoms with van der Waals surface area (Å²) >= 11 is 7.58. The Balaban J connectivity index is 1.56. The van der Waals surface area contributed by atoms with Gasteiger partial charge in [0.2, 0.25) is 0 Å². The number of ether oxygens (including phenoxy) is 5. The molecule has 4 aromatic rings. The van der Waals surface area contributed by atoms with E-state index in [1.54, 1.807) is 81.4 Å². The lowest BCUT2D eigenvalue weighted by molar-refractivity contribution is -0.139. The first-order valence-corrected chi connectivity index (χ1v) is 17.0. The smallest absolute Gasteiger partial charge is 0.338 e. The van der Waals surface area contributed by atoms with Crippen LogP contribution in [0.25, 0.3) is 6.08 Å². The molecule has 0 bridgehead atoms. The minimum atomic E-state index is -0.841. The minimum absolute atomic E-state index is 0.0908. The molecule has 0 spiro atoms. The van der Waals surface area contributed by atoms with Crippen LogP contribution in [0.3, 0.4) is 0 Å². The van der Waals surface area contributed by atoms with Crippen LogP contribution in [0.1, 0.15) is 67.7 Å². The van der Waals surface area contributed by atoms with E-state index in [1.807, 2.05) is 19.9 Å². The first kappa shape index (κ1) is 35.4. The van der Waals surface area contributed by atoms with Gasteiger partial charge in [-0.05, 0) is 94.3 Å². The van der Waals surface area contributed by atoms with Crippen LogP contribution in [0, 0.1) is 0 Å². The van der Waals surface area contributed by atoms with E-state index >= 15 is 0 Å². The molecule has 2 heterocycles. The van der Waals surface area contributed by atoms with Gasteiger partial charge in [-0.25, -0.2) is 14.6 Å². The van der Waals surface area contributed by atoms with Gasteiger partial charge in [-0.3, -0.25) is 9.36 Å². The molecule has 5 rings (SSSR count). The van der Waals surface area contributed by atoms with Crippen molar-refractivity contribution < 1.29 is 33.3 Å². The monoisotopic (exact) mass is 704 g/mol. The normalized spacial score (nSPS) is 14.3. The second-order valence-electron chi connectivity index (χ2n) is 11.3. The van der Waals surface area contributed by atoms with Crippen molar-refractivity contribution in [3.05, 3.63) is 119 Å². The SMILES string of the molecule is CCOC(=O)C1=C(C)N=c2s/c(=C/c3cc(Cl)ccc3OCc3ccc(C(=O)OCC)cc3)c(=O)n2[C@H]1c1ccc(OC(C)C)c(OC)c1. The van der Waals surface area contributed by atoms with E-state index in [9.17, 15) is 14.4 Å². The van der Waals surface area contributed by atoms with Crippen LogP contribution in [0.15, 0.2) is 81.7 Å². The molecule has 1 aliphatic heterocycles. The molecule has 0 unspecified atom stereocenters. The van der Waals surface area contributed by atoms with Crippen LogP contribution >= 0.6 is 22.9 Å². The predicted molar refractivity (Wildman–Crippen MR) is 187 cm³/mol. The number of carbonyl (C=O) groups excluding carboxylic acids is 2. The highest BCUT2D eigenvalue weighted by atomic mass is 35.5. The molecule has 0 radical (unpaired) electrons. The molecule has 49 heavy (non-hydrogen) atoms. The number of fused-ring (bicyclic) bond motifs is 1. The standard InChI is InChI=1S/C37H37ClN2O8S/c1-7-45-35(42)24-11-9-23(10-12-24)20-47-28-16-14-27(38)17-26(28)19-31-34(41)40-33(25-13-15-29(48-21(3)4)30(18-25)44-6)32(36(43)46-8-2)22(5)39-37(40)49-31/h9-19,21,33H,7-8,20H2,1-6H3/b31-19+/t33-/m0/s1. The van der Waals surface area contributed by atoms with Gasteiger partial charge < -0.3 is 23.7 Å². The third-order valence-corrected chi connectivity index (χ3v) is 8.72. The molecule has 0 saturated carbocycles. The van der Waals surface area contributed by atoms with Crippen LogP contribution in [0.5, 0.6) is 17.2 Å². The van der Waals surface area contributed by atoms with Crippen molar-refractivity contribution in [3.8, 4) is 17.2 Å². The molecule has 1 aliphatic rings. The van der Waals surface area contributed by atoms with Gasteiger partial charge in [0.15, 0.2) is 16.3 Å². The zero-order chi connectivity index (χ0) is 35.2. The largest absolute Gasteiger partial charge is 0.493 e. The summed E-state index contributed by atoms with van der Waals surface area (Å²) in [4.78, 5) is 44.7. The number of carbonyl (C=O) groups is 2. The first-order valence-electron chi connectivity index (χ1n) is 15.8. The Bertz CT molecular complexity index is 2080. The Kier molecular flexibility index (Phi) is 11.3. The lowest BCUT2D eigenvalue weighted by atomic mass is 9.95. The molecule has 256 valence electrons. The average molecular weight is 705 g/mol. The number of halogens is 1. The van der Waals surface area contributed by atoms with Crippen molar-refractivity contribution in [1.82, 2.24) is 4.57 Å². The molecule has 1 aromatic heterocycles. The van der Waals surface area contributed by atoms with Crippen molar-refractivity contribution in [2.75, 3.05) is 20.3 Å². The zero-order valence-electron chi connectivity index (χ0n) is 28.1. The molecule has 0 fully saturated rings. The van der Waals surface area contributed by atoms with E-state index in [2.05, 4.69) is 4.99 Å². The summed E-state index contributed by atoms with van der Waals surface area (Å²) in [6.45, 7) is 9.69. The molecule has 12 heteroatoms. The topological polar surface area (TPSA) is 115 Å². The fourth-order valence-electron chi connectivity index (χ4n) is 5.33. The summed E-state index contributed by atoms with van der Waals surface area (Å²) in [5.74, 6) is 0.540. The van der Waals surface area contributed by atoms with E-state index in [-0.39, 0.29) is 36.4 Å². The van der Waals surface area contributed by atoms with Crippen molar-refractivity contribution in [1.29, 1.82) is 0 Å². The molecule has 0 aliphatic carbocycles. The highest BCUT2D eigenvalue weighted by Crippen LogP contribution is 2.36. The number of methoxy groups -OCH3 is 1. The van der Waals surface area contributed by atoms with Crippen molar-refractivity contribution in [3.63, 3.8) is 0 Å². The number of benzene rings is 3. The number of thiazole rings is 1. The zero-order valence-corrected chi connectivity index (χ0v) is 29.6. The van der Waals surface area contributed by atoms with Gasteiger partial charge in [0.1, 0.15) is 12.4 Å². The third-order valence-electron chi connectivity index (χ3n) is 7.50. The van der Waals surface area contributed by atoms with Crippen molar-refractivity contribution in [2.24, 2.45) is 4.99 Å². The van der Waals surface area contributed by atoms with Crippen LogP contribution in [-0.4, -0.2) is 42.9 Å². The Morgan fingerprint density at radius 2 is 1.65 bits per heavy atom. The fourth-order valence-corrected chi connectivity index (χ4v) is 6.55. The van der Waals surface area contributed by atoms with Crippen molar-refractivity contribution in [2.45, 2.75) is 53.4 Å². The Morgan fingerprint density at radius 3 is 2.33 bits per heavy atom. The van der Waals surface area contributed by atoms with E-state index < -0.39 is 12.0 Å². The molecule has 0 saturated heterocycles. The van der Waals surface area contributed by atoms with E-state index in [4.69, 9.17) is 35.3 Å². The second-order valence-corrected chi connectivity index (χ2v) is 12.7. The number of nitrogens with zero attached hydrogens (tertiary/aromatic N) is 2. The number of hydrogen-bond donors (Lipinski definition) is 0. The molecule has 0 N–H and O–H groups in total. The molecular weight excluding hydrogens is 668 g/mol. The number of allylic oxidation sites excluding steroid dienone is 1. The molecular formula is C37H37ClN2O8S. The number of esters is 2. The quantitative estimate of drug-likeness (QED) is 0.165. The Morgan fingerprint density at radius 1 is 0.959 bits per heavy atom. The van der Waals surface area contributed by atoms with Crippen LogP contribution in [-0.2, 0) is 20.9 Å². The summed E-state index contributed by atoms with van der Waals surface area (Å²) in [6.07, 6.45) is 1.61. The van der Waals surface area contributed by atoms with Crippen molar-refractivity contribution >= 4 is 41.0 Å². The number of rotatable bonds is 12. The maximum Gasteiger partial charge on any atom is 0.338 e.